The van der Waals surface area contributed by atoms with Crippen LogP contribution in [0.1, 0.15) is 17.8 Å². The summed E-state index contributed by atoms with van der Waals surface area (Å²) < 4.78 is 36.6. The molecule has 86 valence electrons. The standard InChI is InChI=1S/C7H4F3N3O2S/c8-7(9,10)5-11-12-6(16-5)13-3(14)1-2-4(13)15/h1-2H2. The number of halogens is 3. The number of rotatable bonds is 1. The lowest BCUT2D eigenvalue weighted by atomic mass is 10.4. The predicted octanol–water partition coefficient (Wildman–Crippen LogP) is 1.21. The Bertz CT molecular complexity index is 440. The van der Waals surface area contributed by atoms with Crippen molar-refractivity contribution in [3.63, 3.8) is 0 Å². The first-order valence-electron chi connectivity index (χ1n) is 4.16. The van der Waals surface area contributed by atoms with Crippen LogP contribution < -0.4 is 4.90 Å². The van der Waals surface area contributed by atoms with Crippen molar-refractivity contribution in [3.8, 4) is 0 Å². The van der Waals surface area contributed by atoms with Crippen molar-refractivity contribution < 1.29 is 22.8 Å². The van der Waals surface area contributed by atoms with Crippen molar-refractivity contribution in [2.24, 2.45) is 0 Å². The molecule has 0 saturated carbocycles. The lowest BCUT2D eigenvalue weighted by Gasteiger charge is -2.07. The van der Waals surface area contributed by atoms with E-state index in [1.807, 2.05) is 0 Å². The van der Waals surface area contributed by atoms with E-state index in [0.29, 0.717) is 4.90 Å². The molecular formula is C7H4F3N3O2S. The molecule has 1 aliphatic heterocycles. The molecule has 1 aromatic rings. The minimum atomic E-state index is -4.61. The molecule has 5 nitrogen and oxygen atoms in total. The summed E-state index contributed by atoms with van der Waals surface area (Å²) in [6.07, 6.45) is -4.61. The topological polar surface area (TPSA) is 63.2 Å². The summed E-state index contributed by atoms with van der Waals surface area (Å²) in [5.74, 6) is -1.09. The summed E-state index contributed by atoms with van der Waals surface area (Å²) in [6, 6.07) is 0. The quantitative estimate of drug-likeness (QED) is 0.704. The molecule has 2 heterocycles. The van der Waals surface area contributed by atoms with Crippen molar-refractivity contribution in [1.29, 1.82) is 0 Å². The van der Waals surface area contributed by atoms with Crippen LogP contribution in [0.5, 0.6) is 0 Å². The van der Waals surface area contributed by atoms with Crippen molar-refractivity contribution in [2.45, 2.75) is 19.0 Å². The van der Waals surface area contributed by atoms with E-state index < -0.39 is 23.0 Å². The SMILES string of the molecule is O=C1CCC(=O)N1c1nnc(C(F)(F)F)s1. The number of amides is 2. The highest BCUT2D eigenvalue weighted by atomic mass is 32.1. The second kappa shape index (κ2) is 3.51. The first kappa shape index (κ1) is 11.0. The molecule has 16 heavy (non-hydrogen) atoms. The van der Waals surface area contributed by atoms with Crippen LogP contribution in [-0.4, -0.2) is 22.0 Å². The maximum atomic E-state index is 12.2. The van der Waals surface area contributed by atoms with Gasteiger partial charge >= 0.3 is 6.18 Å². The molecule has 1 fully saturated rings. The molecule has 2 amide bonds. The second-order valence-electron chi connectivity index (χ2n) is 3.01. The fourth-order valence-electron chi connectivity index (χ4n) is 1.21. The maximum Gasteiger partial charge on any atom is 0.445 e. The molecule has 0 aliphatic carbocycles. The van der Waals surface area contributed by atoms with Crippen LogP contribution in [-0.2, 0) is 15.8 Å². The van der Waals surface area contributed by atoms with E-state index in [9.17, 15) is 22.8 Å². The number of imide groups is 1. The van der Waals surface area contributed by atoms with Gasteiger partial charge < -0.3 is 0 Å². The van der Waals surface area contributed by atoms with Gasteiger partial charge in [0.1, 0.15) is 0 Å². The Kier molecular flexibility index (Phi) is 2.41. The Morgan fingerprint density at radius 1 is 1.12 bits per heavy atom. The zero-order valence-electron chi connectivity index (χ0n) is 7.61. The van der Waals surface area contributed by atoms with E-state index in [2.05, 4.69) is 10.2 Å². The van der Waals surface area contributed by atoms with Crippen LogP contribution in [0.3, 0.4) is 0 Å². The summed E-state index contributed by atoms with van der Waals surface area (Å²) in [6.45, 7) is 0. The van der Waals surface area contributed by atoms with Gasteiger partial charge in [0.15, 0.2) is 0 Å². The van der Waals surface area contributed by atoms with Gasteiger partial charge in [-0.25, -0.2) is 4.90 Å². The third-order valence-electron chi connectivity index (χ3n) is 1.90. The molecule has 1 aliphatic rings. The first-order valence-corrected chi connectivity index (χ1v) is 4.98. The number of aromatic nitrogens is 2. The van der Waals surface area contributed by atoms with E-state index >= 15 is 0 Å². The molecule has 0 aromatic carbocycles. The molecular weight excluding hydrogens is 247 g/mol. The van der Waals surface area contributed by atoms with Gasteiger partial charge in [-0.2, -0.15) is 13.2 Å². The van der Waals surface area contributed by atoms with Crippen LogP contribution in [0.15, 0.2) is 0 Å². The van der Waals surface area contributed by atoms with Gasteiger partial charge in [-0.05, 0) is 0 Å². The number of alkyl halides is 3. The molecule has 2 rings (SSSR count). The highest BCUT2D eigenvalue weighted by Gasteiger charge is 2.39. The Morgan fingerprint density at radius 2 is 1.69 bits per heavy atom. The number of hydrogen-bond acceptors (Lipinski definition) is 5. The smallest absolute Gasteiger partial charge is 0.274 e. The zero-order chi connectivity index (χ0) is 11.9. The van der Waals surface area contributed by atoms with E-state index in [1.165, 1.54) is 0 Å². The van der Waals surface area contributed by atoms with Crippen LogP contribution in [0.4, 0.5) is 18.3 Å². The van der Waals surface area contributed by atoms with E-state index in [0.717, 1.165) is 0 Å². The van der Waals surface area contributed by atoms with Gasteiger partial charge in [0, 0.05) is 12.8 Å². The van der Waals surface area contributed by atoms with Gasteiger partial charge in [-0.3, -0.25) is 9.59 Å². The van der Waals surface area contributed by atoms with E-state index in [1.54, 1.807) is 0 Å². The van der Waals surface area contributed by atoms with Crippen LogP contribution in [0.2, 0.25) is 0 Å². The summed E-state index contributed by atoms with van der Waals surface area (Å²) in [7, 11) is 0. The van der Waals surface area contributed by atoms with Gasteiger partial charge in [-0.15, -0.1) is 10.2 Å². The van der Waals surface area contributed by atoms with Gasteiger partial charge in [0.05, 0.1) is 0 Å². The maximum absolute atomic E-state index is 12.2. The third kappa shape index (κ3) is 1.77. The molecule has 1 aromatic heterocycles. The average Bonchev–Trinajstić information content (AvgIpc) is 2.72. The minimum Gasteiger partial charge on any atom is -0.274 e. The Morgan fingerprint density at radius 3 is 2.12 bits per heavy atom. The van der Waals surface area contributed by atoms with E-state index in [4.69, 9.17) is 0 Å². The fourth-order valence-corrected chi connectivity index (χ4v) is 1.96. The highest BCUT2D eigenvalue weighted by molar-refractivity contribution is 7.15. The average molecular weight is 251 g/mol. The number of anilines is 1. The highest BCUT2D eigenvalue weighted by Crippen LogP contribution is 2.35. The molecule has 0 atom stereocenters. The van der Waals surface area contributed by atoms with Crippen LogP contribution >= 0.6 is 11.3 Å². The van der Waals surface area contributed by atoms with Gasteiger partial charge in [0.2, 0.25) is 22.0 Å². The van der Waals surface area contributed by atoms with Crippen molar-refractivity contribution in [2.75, 3.05) is 4.90 Å². The molecule has 0 N–H and O–H groups in total. The summed E-state index contributed by atoms with van der Waals surface area (Å²) in [5, 5.41) is 4.61. The number of hydrogen-bond donors (Lipinski definition) is 0. The molecule has 9 heteroatoms. The largest absolute Gasteiger partial charge is 0.445 e. The van der Waals surface area contributed by atoms with Crippen molar-refractivity contribution in [1.82, 2.24) is 10.2 Å². The van der Waals surface area contributed by atoms with E-state index in [-0.39, 0.29) is 29.3 Å². The van der Waals surface area contributed by atoms with Crippen molar-refractivity contribution in [3.05, 3.63) is 5.01 Å². The lowest BCUT2D eigenvalue weighted by Crippen LogP contribution is -2.28. The second-order valence-corrected chi connectivity index (χ2v) is 3.97. The van der Waals surface area contributed by atoms with Gasteiger partial charge in [-0.1, -0.05) is 11.3 Å². The number of nitrogens with zero attached hydrogens (tertiary/aromatic N) is 3. The van der Waals surface area contributed by atoms with Crippen molar-refractivity contribution >= 4 is 28.3 Å². The number of carbonyl (C=O) groups is 2. The Hall–Kier alpha value is -1.51. The molecule has 0 bridgehead atoms. The summed E-state index contributed by atoms with van der Waals surface area (Å²) in [5.41, 5.74) is 0. The third-order valence-corrected chi connectivity index (χ3v) is 2.85. The molecule has 0 spiro atoms. The fraction of sp³-hybridized carbons (Fsp3) is 0.429. The summed E-state index contributed by atoms with van der Waals surface area (Å²) in [4.78, 5) is 23.1. The first-order chi connectivity index (χ1) is 7.39. The van der Waals surface area contributed by atoms with Crippen LogP contribution in [0.25, 0.3) is 0 Å². The summed E-state index contributed by atoms with van der Waals surface area (Å²) >= 11 is 0.182. The Balaban J connectivity index is 2.32. The van der Waals surface area contributed by atoms with Crippen LogP contribution in [0, 0.1) is 0 Å². The normalized spacial score (nSPS) is 17.3. The molecule has 0 radical (unpaired) electrons. The van der Waals surface area contributed by atoms with Gasteiger partial charge in [0.25, 0.3) is 0 Å². The molecule has 1 saturated heterocycles. The number of carbonyl (C=O) groups excluding carboxylic acids is 2. The molecule has 0 unspecified atom stereocenters. The zero-order valence-corrected chi connectivity index (χ0v) is 8.43. The predicted molar refractivity (Wildman–Crippen MR) is 46.6 cm³/mol. The monoisotopic (exact) mass is 251 g/mol. The minimum absolute atomic E-state index is 0.000234. The lowest BCUT2D eigenvalue weighted by molar-refractivity contribution is -0.138. The Labute approximate surface area is 90.9 Å².